The molecule has 0 bridgehead atoms. The number of rotatable bonds is 5. The predicted octanol–water partition coefficient (Wildman–Crippen LogP) is 0.0708. The molecule has 5 rings (SSSR count). The number of pyridine rings is 1. The molecule has 1 aliphatic heterocycles. The average molecular weight is 432 g/mol. The van der Waals surface area contributed by atoms with Crippen molar-refractivity contribution in [2.24, 2.45) is 5.73 Å². The zero-order valence-electron chi connectivity index (χ0n) is 17.0. The Morgan fingerprint density at radius 2 is 2.00 bits per heavy atom. The summed E-state index contributed by atoms with van der Waals surface area (Å²) < 4.78 is 2.97. The summed E-state index contributed by atoms with van der Waals surface area (Å²) in [5, 5.41) is 14.4. The second kappa shape index (κ2) is 8.07. The molecule has 0 unspecified atom stereocenters. The van der Waals surface area contributed by atoms with Crippen LogP contribution in [0, 0.1) is 0 Å². The molecule has 0 saturated carbocycles. The van der Waals surface area contributed by atoms with Gasteiger partial charge in [0.05, 0.1) is 30.0 Å². The smallest absolute Gasteiger partial charge is 0.271 e. The van der Waals surface area contributed by atoms with Gasteiger partial charge in [0, 0.05) is 38.6 Å². The van der Waals surface area contributed by atoms with E-state index in [0.29, 0.717) is 11.3 Å². The van der Waals surface area contributed by atoms with Crippen LogP contribution in [-0.4, -0.2) is 67.4 Å². The van der Waals surface area contributed by atoms with Gasteiger partial charge in [-0.1, -0.05) is 0 Å². The number of hydrogen-bond donors (Lipinski definition) is 3. The van der Waals surface area contributed by atoms with E-state index >= 15 is 0 Å². The molecule has 12 nitrogen and oxygen atoms in total. The molecule has 12 heteroatoms. The molecule has 0 radical (unpaired) electrons. The number of carbonyl (C=O) groups excluding carboxylic acids is 2. The van der Waals surface area contributed by atoms with Crippen molar-refractivity contribution in [3.05, 3.63) is 60.4 Å². The van der Waals surface area contributed by atoms with Crippen molar-refractivity contribution >= 4 is 29.0 Å². The number of nitrogens with zero attached hydrogens (tertiary/aromatic N) is 7. The Balaban J connectivity index is 1.46. The van der Waals surface area contributed by atoms with E-state index in [1.54, 1.807) is 30.7 Å². The van der Waals surface area contributed by atoms with Crippen molar-refractivity contribution in [2.45, 2.75) is 0 Å². The van der Waals surface area contributed by atoms with Crippen molar-refractivity contribution in [3.8, 4) is 5.69 Å². The van der Waals surface area contributed by atoms with Crippen molar-refractivity contribution in [3.63, 3.8) is 0 Å². The number of primary amides is 1. The second-order valence-corrected chi connectivity index (χ2v) is 7.21. The topological polar surface area (TPSA) is 148 Å². The first-order valence-electron chi connectivity index (χ1n) is 10.0. The van der Waals surface area contributed by atoms with Crippen LogP contribution in [0.1, 0.15) is 20.8 Å². The highest BCUT2D eigenvalue weighted by molar-refractivity contribution is 6.10. The molecular weight excluding hydrogens is 412 g/mol. The van der Waals surface area contributed by atoms with E-state index in [-0.39, 0.29) is 16.9 Å². The van der Waals surface area contributed by atoms with Crippen LogP contribution in [-0.2, 0) is 0 Å². The summed E-state index contributed by atoms with van der Waals surface area (Å²) in [4.78, 5) is 35.8. The molecule has 0 aliphatic carbocycles. The van der Waals surface area contributed by atoms with E-state index in [9.17, 15) is 9.59 Å². The first kappa shape index (κ1) is 19.6. The van der Waals surface area contributed by atoms with Gasteiger partial charge in [0.15, 0.2) is 11.3 Å². The van der Waals surface area contributed by atoms with Gasteiger partial charge in [0.25, 0.3) is 11.8 Å². The number of piperazine rings is 1. The monoisotopic (exact) mass is 432 g/mol. The Kier molecular flexibility index (Phi) is 4.95. The number of amides is 2. The van der Waals surface area contributed by atoms with Gasteiger partial charge in [-0.05, 0) is 18.2 Å². The van der Waals surface area contributed by atoms with E-state index in [0.717, 1.165) is 32.0 Å². The lowest BCUT2D eigenvalue weighted by atomic mass is 10.3. The summed E-state index contributed by atoms with van der Waals surface area (Å²) >= 11 is 0. The van der Waals surface area contributed by atoms with E-state index in [1.165, 1.54) is 21.6 Å². The average Bonchev–Trinajstić information content (AvgIpc) is 3.44. The van der Waals surface area contributed by atoms with Crippen LogP contribution >= 0.6 is 0 Å². The first-order valence-corrected chi connectivity index (χ1v) is 10.0. The normalized spacial score (nSPS) is 13.9. The third-order valence-corrected chi connectivity index (χ3v) is 5.15. The minimum atomic E-state index is -0.762. The number of nitrogens with two attached hydrogens (primary N) is 1. The van der Waals surface area contributed by atoms with Crippen LogP contribution in [0.3, 0.4) is 0 Å². The Bertz CT molecular complexity index is 1290. The third-order valence-electron chi connectivity index (χ3n) is 5.15. The Morgan fingerprint density at radius 1 is 1.16 bits per heavy atom. The molecule has 0 atom stereocenters. The fourth-order valence-corrected chi connectivity index (χ4v) is 3.55. The highest BCUT2D eigenvalue weighted by atomic mass is 16.2. The van der Waals surface area contributed by atoms with Gasteiger partial charge in [0.2, 0.25) is 0 Å². The quantitative estimate of drug-likeness (QED) is 0.401. The van der Waals surface area contributed by atoms with Gasteiger partial charge in [-0.2, -0.15) is 10.2 Å². The lowest BCUT2D eigenvalue weighted by Crippen LogP contribution is -2.43. The second-order valence-electron chi connectivity index (χ2n) is 7.21. The minimum absolute atomic E-state index is 0.0619. The molecule has 2 amide bonds. The minimum Gasteiger partial charge on any atom is -0.364 e. The van der Waals surface area contributed by atoms with Crippen LogP contribution < -0.4 is 21.3 Å². The predicted molar refractivity (Wildman–Crippen MR) is 116 cm³/mol. The molecule has 4 aromatic heterocycles. The Hall–Kier alpha value is -4.32. The molecule has 4 aromatic rings. The summed E-state index contributed by atoms with van der Waals surface area (Å²) in [7, 11) is 0. The van der Waals surface area contributed by atoms with Crippen LogP contribution in [0.25, 0.3) is 11.3 Å². The Morgan fingerprint density at radius 3 is 2.75 bits per heavy atom. The summed E-state index contributed by atoms with van der Waals surface area (Å²) in [6, 6.07) is 5.37. The van der Waals surface area contributed by atoms with Crippen LogP contribution in [0.2, 0.25) is 0 Å². The van der Waals surface area contributed by atoms with Gasteiger partial charge < -0.3 is 21.3 Å². The summed E-state index contributed by atoms with van der Waals surface area (Å²) in [6.45, 7) is 3.40. The maximum atomic E-state index is 13.1. The van der Waals surface area contributed by atoms with Crippen molar-refractivity contribution < 1.29 is 9.59 Å². The largest absolute Gasteiger partial charge is 0.364 e. The molecule has 0 spiro atoms. The Labute approximate surface area is 182 Å². The van der Waals surface area contributed by atoms with Crippen molar-refractivity contribution in [1.82, 2.24) is 34.7 Å². The van der Waals surface area contributed by atoms with Crippen molar-refractivity contribution in [1.29, 1.82) is 0 Å². The van der Waals surface area contributed by atoms with Crippen LogP contribution in [0.15, 0.2) is 49.2 Å². The highest BCUT2D eigenvalue weighted by Gasteiger charge is 2.21. The van der Waals surface area contributed by atoms with Crippen molar-refractivity contribution in [2.75, 3.05) is 36.4 Å². The molecule has 1 saturated heterocycles. The SMILES string of the molecule is NC(=O)c1nn(-c2cccnc2)cc1NC(=O)c1cnn2ccc(N3CCNCC3)nc12. The number of aromatic nitrogens is 6. The maximum Gasteiger partial charge on any atom is 0.271 e. The molecular formula is C20H20N10O2. The van der Waals surface area contributed by atoms with Gasteiger partial charge in [-0.15, -0.1) is 0 Å². The highest BCUT2D eigenvalue weighted by Crippen LogP contribution is 2.20. The number of carbonyl (C=O) groups is 2. The molecule has 162 valence electrons. The molecule has 4 N–H and O–H groups in total. The molecule has 1 aliphatic rings. The van der Waals surface area contributed by atoms with E-state index in [1.807, 2.05) is 6.07 Å². The number of anilines is 2. The number of fused-ring (bicyclic) bond motifs is 1. The third kappa shape index (κ3) is 3.63. The fourth-order valence-electron chi connectivity index (χ4n) is 3.55. The summed E-state index contributed by atoms with van der Waals surface area (Å²) in [5.41, 5.74) is 6.90. The molecule has 5 heterocycles. The first-order chi connectivity index (χ1) is 15.6. The van der Waals surface area contributed by atoms with Gasteiger partial charge >= 0.3 is 0 Å². The molecule has 32 heavy (non-hydrogen) atoms. The maximum absolute atomic E-state index is 13.1. The summed E-state index contributed by atoms with van der Waals surface area (Å²) in [6.07, 6.45) is 7.93. The standard InChI is InChI=1S/C20H20N10O2/c21-18(31)17-15(12-30(27-17)13-2-1-4-23-10-13)25-20(32)14-11-24-29-7-3-16(26-19(14)29)28-8-5-22-6-9-28/h1-4,7,10-12,22H,5-6,8-9H2,(H2,21,31)(H,25,32). The number of nitrogens with one attached hydrogen (secondary N) is 2. The fraction of sp³-hybridized carbons (Fsp3) is 0.200. The van der Waals surface area contributed by atoms with Gasteiger partial charge in [0.1, 0.15) is 11.4 Å². The molecule has 1 fully saturated rings. The molecule has 0 aromatic carbocycles. The van der Waals surface area contributed by atoms with E-state index in [2.05, 4.69) is 35.7 Å². The van der Waals surface area contributed by atoms with Crippen LogP contribution in [0.4, 0.5) is 11.5 Å². The lowest BCUT2D eigenvalue weighted by Gasteiger charge is -2.28. The van der Waals surface area contributed by atoms with Crippen LogP contribution in [0.5, 0.6) is 0 Å². The zero-order valence-corrected chi connectivity index (χ0v) is 17.0. The lowest BCUT2D eigenvalue weighted by molar-refractivity contribution is 0.0996. The van der Waals surface area contributed by atoms with Gasteiger partial charge in [-0.25, -0.2) is 14.2 Å². The van der Waals surface area contributed by atoms with Gasteiger partial charge in [-0.3, -0.25) is 14.6 Å². The van der Waals surface area contributed by atoms with E-state index < -0.39 is 11.8 Å². The van der Waals surface area contributed by atoms with E-state index in [4.69, 9.17) is 5.73 Å². The number of hydrogen-bond acceptors (Lipinski definition) is 8. The zero-order chi connectivity index (χ0) is 22.1. The summed E-state index contributed by atoms with van der Waals surface area (Å²) in [5.74, 6) is -0.462.